The lowest BCUT2D eigenvalue weighted by Crippen LogP contribution is -1.88. The van der Waals surface area contributed by atoms with Crippen molar-refractivity contribution in [3.63, 3.8) is 0 Å². The van der Waals surface area contributed by atoms with E-state index in [1.807, 2.05) is 12.1 Å². The highest BCUT2D eigenvalue weighted by Gasteiger charge is 2.13. The summed E-state index contributed by atoms with van der Waals surface area (Å²) in [5.41, 5.74) is 5.89. The third-order valence-electron chi connectivity index (χ3n) is 5.11. The van der Waals surface area contributed by atoms with Crippen LogP contribution in [0.5, 0.6) is 0 Å². The van der Waals surface area contributed by atoms with Crippen LogP contribution in [-0.4, -0.2) is 4.57 Å². The number of hydrogen-bond acceptors (Lipinski definition) is 1. The highest BCUT2D eigenvalue weighted by molar-refractivity contribution is 6.16. The fourth-order valence-electron chi connectivity index (χ4n) is 3.91. The second-order valence-corrected chi connectivity index (χ2v) is 6.62. The molecule has 0 aliphatic carbocycles. The van der Waals surface area contributed by atoms with Gasteiger partial charge in [-0.15, -0.1) is 0 Å². The number of rotatable bonds is 2. The lowest BCUT2D eigenvalue weighted by atomic mass is 10.1. The normalized spacial score (nSPS) is 12.1. The van der Waals surface area contributed by atoms with Crippen LogP contribution in [0.4, 0.5) is 0 Å². The fraction of sp³-hybridized carbons (Fsp3) is 0.182. The molecule has 0 atom stereocenters. The first-order chi connectivity index (χ1) is 11.8. The summed E-state index contributed by atoms with van der Waals surface area (Å²) in [6, 6.07) is 19.6. The Bertz CT molecular complexity index is 1220. The SMILES string of the molecule is CCCc1ccc2c3cc4oc5ccccc5c4cc3n(C)c2c1. The topological polar surface area (TPSA) is 18.1 Å². The first-order valence-electron chi connectivity index (χ1n) is 8.58. The quantitative estimate of drug-likeness (QED) is 0.380. The van der Waals surface area contributed by atoms with Crippen molar-refractivity contribution in [2.45, 2.75) is 19.8 Å². The second kappa shape index (κ2) is 4.88. The van der Waals surface area contributed by atoms with Crippen molar-refractivity contribution >= 4 is 43.7 Å². The Labute approximate surface area is 140 Å². The Morgan fingerprint density at radius 2 is 1.62 bits per heavy atom. The van der Waals surface area contributed by atoms with Crippen molar-refractivity contribution in [1.82, 2.24) is 4.57 Å². The van der Waals surface area contributed by atoms with Gasteiger partial charge in [-0.3, -0.25) is 0 Å². The average Bonchev–Trinajstić information content (AvgIpc) is 3.10. The van der Waals surface area contributed by atoms with E-state index in [-0.39, 0.29) is 0 Å². The Morgan fingerprint density at radius 3 is 2.50 bits per heavy atom. The summed E-state index contributed by atoms with van der Waals surface area (Å²) in [4.78, 5) is 0. The maximum Gasteiger partial charge on any atom is 0.136 e. The Morgan fingerprint density at radius 1 is 0.792 bits per heavy atom. The molecule has 2 heteroatoms. The van der Waals surface area contributed by atoms with Crippen molar-refractivity contribution in [3.8, 4) is 0 Å². The van der Waals surface area contributed by atoms with E-state index in [1.54, 1.807) is 0 Å². The number of fused-ring (bicyclic) bond motifs is 6. The summed E-state index contributed by atoms with van der Waals surface area (Å²) < 4.78 is 8.38. The van der Waals surface area contributed by atoms with Crippen LogP contribution in [0.3, 0.4) is 0 Å². The van der Waals surface area contributed by atoms with E-state index in [4.69, 9.17) is 4.42 Å². The summed E-state index contributed by atoms with van der Waals surface area (Å²) in [6.45, 7) is 2.23. The maximum absolute atomic E-state index is 6.07. The monoisotopic (exact) mass is 313 g/mol. The Balaban J connectivity index is 1.91. The highest BCUT2D eigenvalue weighted by Crippen LogP contribution is 2.36. The van der Waals surface area contributed by atoms with Gasteiger partial charge in [-0.05, 0) is 36.2 Å². The number of para-hydroxylation sites is 1. The molecule has 0 fully saturated rings. The first kappa shape index (κ1) is 13.7. The van der Waals surface area contributed by atoms with Gasteiger partial charge in [-0.1, -0.05) is 43.7 Å². The molecule has 0 saturated heterocycles. The van der Waals surface area contributed by atoms with E-state index in [2.05, 4.69) is 61.0 Å². The van der Waals surface area contributed by atoms with Gasteiger partial charge in [-0.2, -0.15) is 0 Å². The predicted octanol–water partition coefficient (Wildman–Crippen LogP) is 6.18. The van der Waals surface area contributed by atoms with Crippen LogP contribution >= 0.6 is 0 Å². The number of benzene rings is 3. The molecule has 2 nitrogen and oxygen atoms in total. The molecule has 0 amide bonds. The van der Waals surface area contributed by atoms with Gasteiger partial charge in [0, 0.05) is 39.6 Å². The summed E-state index contributed by atoms with van der Waals surface area (Å²) >= 11 is 0. The van der Waals surface area contributed by atoms with Gasteiger partial charge in [0.25, 0.3) is 0 Å². The van der Waals surface area contributed by atoms with Crippen molar-refractivity contribution in [2.75, 3.05) is 0 Å². The molecule has 3 aromatic carbocycles. The minimum atomic E-state index is 0.956. The number of aryl methyl sites for hydroxylation is 2. The molecule has 118 valence electrons. The third-order valence-corrected chi connectivity index (χ3v) is 5.11. The highest BCUT2D eigenvalue weighted by atomic mass is 16.3. The molecule has 5 rings (SSSR count). The molecule has 24 heavy (non-hydrogen) atoms. The summed E-state index contributed by atoms with van der Waals surface area (Å²) in [5, 5.41) is 4.95. The predicted molar refractivity (Wildman–Crippen MR) is 102 cm³/mol. The lowest BCUT2D eigenvalue weighted by Gasteiger charge is -2.01. The zero-order chi connectivity index (χ0) is 16.3. The van der Waals surface area contributed by atoms with Crippen LogP contribution in [0.15, 0.2) is 59.0 Å². The van der Waals surface area contributed by atoms with Crippen molar-refractivity contribution < 1.29 is 4.42 Å². The van der Waals surface area contributed by atoms with Crippen molar-refractivity contribution in [3.05, 3.63) is 60.2 Å². The molecule has 5 aromatic rings. The standard InChI is InChI=1S/C22H19NO/c1-3-6-14-9-10-15-17-13-22-18(12-20(17)23(2)19(15)11-14)16-7-4-5-8-21(16)24-22/h4-5,7-13H,3,6H2,1-2H3. The first-order valence-corrected chi connectivity index (χ1v) is 8.58. The van der Waals surface area contributed by atoms with Gasteiger partial charge in [-0.25, -0.2) is 0 Å². The molecule has 2 heterocycles. The Hall–Kier alpha value is -2.74. The molecular formula is C22H19NO. The van der Waals surface area contributed by atoms with Crippen LogP contribution in [0.25, 0.3) is 43.7 Å². The summed E-state index contributed by atoms with van der Waals surface area (Å²) in [7, 11) is 2.16. The van der Waals surface area contributed by atoms with Gasteiger partial charge in [0.15, 0.2) is 0 Å². The molecule has 0 spiro atoms. The van der Waals surface area contributed by atoms with E-state index >= 15 is 0 Å². The molecular weight excluding hydrogens is 294 g/mol. The van der Waals surface area contributed by atoms with Gasteiger partial charge in [0.05, 0.1) is 0 Å². The van der Waals surface area contributed by atoms with E-state index in [0.717, 1.165) is 17.6 Å². The summed E-state index contributed by atoms with van der Waals surface area (Å²) in [5.74, 6) is 0. The summed E-state index contributed by atoms with van der Waals surface area (Å²) in [6.07, 6.45) is 2.30. The van der Waals surface area contributed by atoms with E-state index in [9.17, 15) is 0 Å². The van der Waals surface area contributed by atoms with Crippen molar-refractivity contribution in [2.24, 2.45) is 7.05 Å². The second-order valence-electron chi connectivity index (χ2n) is 6.62. The molecule has 0 radical (unpaired) electrons. The minimum absolute atomic E-state index is 0.956. The van der Waals surface area contributed by atoms with E-state index < -0.39 is 0 Å². The van der Waals surface area contributed by atoms with Crippen LogP contribution < -0.4 is 0 Å². The van der Waals surface area contributed by atoms with E-state index in [0.29, 0.717) is 0 Å². The van der Waals surface area contributed by atoms with Gasteiger partial charge in [0.1, 0.15) is 11.2 Å². The zero-order valence-electron chi connectivity index (χ0n) is 14.0. The van der Waals surface area contributed by atoms with Crippen LogP contribution in [-0.2, 0) is 13.5 Å². The number of nitrogens with zero attached hydrogens (tertiary/aromatic N) is 1. The number of hydrogen-bond donors (Lipinski definition) is 0. The molecule has 0 unspecified atom stereocenters. The third kappa shape index (κ3) is 1.77. The number of aromatic nitrogens is 1. The zero-order valence-corrected chi connectivity index (χ0v) is 14.0. The lowest BCUT2D eigenvalue weighted by molar-refractivity contribution is 0.669. The van der Waals surface area contributed by atoms with Gasteiger partial charge < -0.3 is 8.98 Å². The molecule has 0 aliphatic rings. The molecule has 0 N–H and O–H groups in total. The molecule has 2 aromatic heterocycles. The fourth-order valence-corrected chi connectivity index (χ4v) is 3.91. The smallest absolute Gasteiger partial charge is 0.136 e. The molecule has 0 aliphatic heterocycles. The van der Waals surface area contributed by atoms with Gasteiger partial charge >= 0.3 is 0 Å². The molecule has 0 saturated carbocycles. The minimum Gasteiger partial charge on any atom is -0.456 e. The van der Waals surface area contributed by atoms with Crippen LogP contribution in [0, 0.1) is 0 Å². The van der Waals surface area contributed by atoms with E-state index in [1.165, 1.54) is 44.6 Å². The maximum atomic E-state index is 6.07. The number of furan rings is 1. The van der Waals surface area contributed by atoms with Crippen LogP contribution in [0.1, 0.15) is 18.9 Å². The molecule has 0 bridgehead atoms. The Kier molecular flexibility index (Phi) is 2.78. The largest absolute Gasteiger partial charge is 0.456 e. The average molecular weight is 313 g/mol. The van der Waals surface area contributed by atoms with Crippen LogP contribution in [0.2, 0.25) is 0 Å². The van der Waals surface area contributed by atoms with Crippen molar-refractivity contribution in [1.29, 1.82) is 0 Å². The van der Waals surface area contributed by atoms with Gasteiger partial charge in [0.2, 0.25) is 0 Å².